The fourth-order valence-corrected chi connectivity index (χ4v) is 1.23. The Morgan fingerprint density at radius 1 is 1.47 bits per heavy atom. The molecule has 0 unspecified atom stereocenters. The van der Waals surface area contributed by atoms with Gasteiger partial charge in [-0.1, -0.05) is 26.8 Å². The molecule has 80 valence electrons. The van der Waals surface area contributed by atoms with E-state index in [1.807, 2.05) is 26.8 Å². The fraction of sp³-hybridized carbons (Fsp3) is 0.333. The van der Waals surface area contributed by atoms with Gasteiger partial charge in [0.2, 0.25) is 0 Å². The van der Waals surface area contributed by atoms with Gasteiger partial charge in [0.05, 0.1) is 0 Å². The number of carbonyl (C=O) groups is 1. The molecule has 0 fully saturated rings. The molecule has 1 N–H and O–H groups in total. The number of pyridine rings is 1. The summed E-state index contributed by atoms with van der Waals surface area (Å²) in [6.07, 6.45) is 4.97. The Hall–Kier alpha value is -1.64. The molecule has 3 nitrogen and oxygen atoms in total. The van der Waals surface area contributed by atoms with E-state index in [9.17, 15) is 4.79 Å². The number of hydrogen-bond acceptors (Lipinski definition) is 2. The van der Waals surface area contributed by atoms with Crippen LogP contribution in [0.5, 0.6) is 0 Å². The Morgan fingerprint density at radius 2 is 2.13 bits per heavy atom. The molecule has 0 aromatic carbocycles. The van der Waals surface area contributed by atoms with Crippen molar-refractivity contribution in [3.63, 3.8) is 0 Å². The highest BCUT2D eigenvalue weighted by atomic mass is 16.4. The van der Waals surface area contributed by atoms with Crippen molar-refractivity contribution in [3.8, 4) is 0 Å². The van der Waals surface area contributed by atoms with Crippen LogP contribution in [-0.4, -0.2) is 16.1 Å². The smallest absolute Gasteiger partial charge is 0.332 e. The standard InChI is InChI=1S/C12H15NO2/c1-12(2,3)10(11(14)15)7-9-5-4-6-13-8-9/h4-8H,1-3H3,(H,14,15)/b10-7-. The molecule has 0 bridgehead atoms. The van der Waals surface area contributed by atoms with E-state index >= 15 is 0 Å². The van der Waals surface area contributed by atoms with Gasteiger partial charge in [-0.2, -0.15) is 0 Å². The van der Waals surface area contributed by atoms with Crippen molar-refractivity contribution in [1.82, 2.24) is 4.98 Å². The average molecular weight is 205 g/mol. The molecule has 1 heterocycles. The lowest BCUT2D eigenvalue weighted by Crippen LogP contribution is -2.17. The summed E-state index contributed by atoms with van der Waals surface area (Å²) < 4.78 is 0. The molecule has 1 aromatic rings. The zero-order valence-electron chi connectivity index (χ0n) is 9.19. The molecule has 1 aromatic heterocycles. The topological polar surface area (TPSA) is 50.2 Å². The first-order chi connectivity index (χ1) is 6.91. The lowest BCUT2D eigenvalue weighted by molar-refractivity contribution is -0.133. The first-order valence-electron chi connectivity index (χ1n) is 4.77. The molecule has 0 aliphatic heterocycles. The van der Waals surface area contributed by atoms with E-state index < -0.39 is 5.97 Å². The third-order valence-corrected chi connectivity index (χ3v) is 2.03. The van der Waals surface area contributed by atoms with Gasteiger partial charge >= 0.3 is 5.97 Å². The van der Waals surface area contributed by atoms with Gasteiger partial charge in [-0.15, -0.1) is 0 Å². The van der Waals surface area contributed by atoms with E-state index in [0.717, 1.165) is 5.56 Å². The molecule has 0 amide bonds. The summed E-state index contributed by atoms with van der Waals surface area (Å²) in [5.41, 5.74) is 0.821. The fourth-order valence-electron chi connectivity index (χ4n) is 1.23. The highest BCUT2D eigenvalue weighted by Gasteiger charge is 2.23. The second-order valence-electron chi connectivity index (χ2n) is 4.40. The molecule has 0 radical (unpaired) electrons. The first kappa shape index (κ1) is 11.4. The first-order valence-corrected chi connectivity index (χ1v) is 4.77. The number of nitrogens with zero attached hydrogens (tertiary/aromatic N) is 1. The Kier molecular flexibility index (Phi) is 3.24. The highest BCUT2D eigenvalue weighted by Crippen LogP contribution is 2.27. The van der Waals surface area contributed by atoms with Crippen LogP contribution < -0.4 is 0 Å². The zero-order valence-corrected chi connectivity index (χ0v) is 9.19. The molecule has 0 atom stereocenters. The molecule has 0 saturated carbocycles. The number of carboxylic acids is 1. The van der Waals surface area contributed by atoms with Crippen molar-refractivity contribution in [3.05, 3.63) is 35.7 Å². The van der Waals surface area contributed by atoms with Crippen LogP contribution in [0.4, 0.5) is 0 Å². The number of aliphatic carboxylic acids is 1. The summed E-state index contributed by atoms with van der Waals surface area (Å²) >= 11 is 0. The zero-order chi connectivity index (χ0) is 11.5. The Bertz CT molecular complexity index is 374. The van der Waals surface area contributed by atoms with Crippen molar-refractivity contribution in [2.45, 2.75) is 20.8 Å². The largest absolute Gasteiger partial charge is 0.478 e. The molecule has 0 spiro atoms. The third kappa shape index (κ3) is 3.20. The SMILES string of the molecule is CC(C)(C)/C(=C\c1cccnc1)C(=O)O. The molecule has 3 heteroatoms. The summed E-state index contributed by atoms with van der Waals surface area (Å²) in [6.45, 7) is 5.63. The van der Waals surface area contributed by atoms with Crippen LogP contribution in [0.3, 0.4) is 0 Å². The van der Waals surface area contributed by atoms with Crippen LogP contribution in [0.25, 0.3) is 6.08 Å². The van der Waals surface area contributed by atoms with Crippen molar-refractivity contribution in [2.24, 2.45) is 5.41 Å². The van der Waals surface area contributed by atoms with Gasteiger partial charge in [-0.3, -0.25) is 4.98 Å². The van der Waals surface area contributed by atoms with E-state index in [1.165, 1.54) is 0 Å². The molecule has 15 heavy (non-hydrogen) atoms. The van der Waals surface area contributed by atoms with Crippen molar-refractivity contribution in [1.29, 1.82) is 0 Å². The van der Waals surface area contributed by atoms with Gasteiger partial charge in [0, 0.05) is 18.0 Å². The minimum absolute atomic E-state index is 0.373. The van der Waals surface area contributed by atoms with Gasteiger partial charge in [0.1, 0.15) is 0 Å². The Balaban J connectivity index is 3.12. The van der Waals surface area contributed by atoms with Crippen LogP contribution >= 0.6 is 0 Å². The average Bonchev–Trinajstić information content (AvgIpc) is 2.13. The quantitative estimate of drug-likeness (QED) is 0.755. The van der Waals surface area contributed by atoms with Crippen molar-refractivity contribution >= 4 is 12.0 Å². The van der Waals surface area contributed by atoms with E-state index in [-0.39, 0.29) is 5.41 Å². The van der Waals surface area contributed by atoms with E-state index in [0.29, 0.717) is 5.57 Å². The molecular formula is C12H15NO2. The van der Waals surface area contributed by atoms with Crippen LogP contribution in [0.1, 0.15) is 26.3 Å². The highest BCUT2D eigenvalue weighted by molar-refractivity contribution is 5.93. The van der Waals surface area contributed by atoms with Crippen LogP contribution in [0, 0.1) is 5.41 Å². The maximum absolute atomic E-state index is 11.1. The summed E-state index contributed by atoms with van der Waals surface area (Å²) in [6, 6.07) is 3.62. The third-order valence-electron chi connectivity index (χ3n) is 2.03. The second kappa shape index (κ2) is 4.26. The number of aromatic nitrogens is 1. The van der Waals surface area contributed by atoms with E-state index in [4.69, 9.17) is 5.11 Å². The van der Waals surface area contributed by atoms with Gasteiger partial charge < -0.3 is 5.11 Å². The van der Waals surface area contributed by atoms with Gasteiger partial charge in [0.25, 0.3) is 0 Å². The van der Waals surface area contributed by atoms with Crippen LogP contribution in [0.2, 0.25) is 0 Å². The second-order valence-corrected chi connectivity index (χ2v) is 4.40. The van der Waals surface area contributed by atoms with Crippen molar-refractivity contribution < 1.29 is 9.90 Å². The molecule has 1 rings (SSSR count). The Morgan fingerprint density at radius 3 is 2.53 bits per heavy atom. The van der Waals surface area contributed by atoms with E-state index in [1.54, 1.807) is 24.5 Å². The van der Waals surface area contributed by atoms with E-state index in [2.05, 4.69) is 4.98 Å². The molecule has 0 aliphatic carbocycles. The summed E-state index contributed by atoms with van der Waals surface area (Å²) in [7, 11) is 0. The minimum Gasteiger partial charge on any atom is -0.478 e. The molecule has 0 saturated heterocycles. The predicted octanol–water partition coefficient (Wildman–Crippen LogP) is 2.60. The van der Waals surface area contributed by atoms with Crippen LogP contribution in [-0.2, 0) is 4.79 Å². The maximum atomic E-state index is 11.1. The lowest BCUT2D eigenvalue weighted by atomic mass is 9.85. The summed E-state index contributed by atoms with van der Waals surface area (Å²) in [5, 5.41) is 9.08. The summed E-state index contributed by atoms with van der Waals surface area (Å²) in [4.78, 5) is 15.0. The summed E-state index contributed by atoms with van der Waals surface area (Å²) in [5.74, 6) is -0.883. The molecule has 0 aliphatic rings. The van der Waals surface area contributed by atoms with Crippen LogP contribution in [0.15, 0.2) is 30.1 Å². The lowest BCUT2D eigenvalue weighted by Gasteiger charge is -2.19. The number of rotatable bonds is 2. The van der Waals surface area contributed by atoms with Gasteiger partial charge in [0.15, 0.2) is 0 Å². The minimum atomic E-state index is -0.883. The number of hydrogen-bond donors (Lipinski definition) is 1. The number of carboxylic acid groups (broad SMARTS) is 1. The van der Waals surface area contributed by atoms with Crippen molar-refractivity contribution in [2.75, 3.05) is 0 Å². The maximum Gasteiger partial charge on any atom is 0.332 e. The Labute approximate surface area is 89.5 Å². The normalized spacial score (nSPS) is 12.6. The van der Waals surface area contributed by atoms with Gasteiger partial charge in [-0.05, 0) is 23.1 Å². The molecular weight excluding hydrogens is 190 g/mol. The monoisotopic (exact) mass is 205 g/mol. The van der Waals surface area contributed by atoms with Gasteiger partial charge in [-0.25, -0.2) is 4.79 Å². The predicted molar refractivity (Wildman–Crippen MR) is 59.3 cm³/mol.